The van der Waals surface area contributed by atoms with Gasteiger partial charge in [-0.2, -0.15) is 0 Å². The molecule has 0 atom stereocenters. The van der Waals surface area contributed by atoms with Gasteiger partial charge in [-0.1, -0.05) is 0 Å². The highest BCUT2D eigenvalue weighted by Gasteiger charge is 2.37. The van der Waals surface area contributed by atoms with Crippen molar-refractivity contribution in [2.24, 2.45) is 0 Å². The van der Waals surface area contributed by atoms with Gasteiger partial charge in [-0.3, -0.25) is 4.90 Å². The molecule has 1 saturated heterocycles. The Hall–Kier alpha value is -1.83. The zero-order valence-electron chi connectivity index (χ0n) is 13.7. The van der Waals surface area contributed by atoms with E-state index in [0.29, 0.717) is 26.2 Å². The second-order valence-electron chi connectivity index (χ2n) is 5.95. The Morgan fingerprint density at radius 2 is 1.36 bits per heavy atom. The summed E-state index contributed by atoms with van der Waals surface area (Å²) in [7, 11) is 2.43. The molecule has 22 heavy (non-hydrogen) atoms. The van der Waals surface area contributed by atoms with Gasteiger partial charge in [0.25, 0.3) is 0 Å². The highest BCUT2D eigenvalue weighted by Crippen LogP contribution is 2.14. The van der Waals surface area contributed by atoms with Crippen LogP contribution in [-0.4, -0.2) is 79.9 Å². The minimum atomic E-state index is -1.10. The molecule has 1 aliphatic heterocycles. The van der Waals surface area contributed by atoms with Crippen LogP contribution in [0.5, 0.6) is 0 Å². The predicted octanol–water partition coefficient (Wildman–Crippen LogP) is 0.254. The SMILES string of the molecule is COC(=O)C(C(=O)OC)N1CCN(C(=O)OC(C)(C)C)CC1. The Morgan fingerprint density at radius 3 is 1.73 bits per heavy atom. The summed E-state index contributed by atoms with van der Waals surface area (Å²) in [6.45, 7) is 6.82. The van der Waals surface area contributed by atoms with Gasteiger partial charge in [0.2, 0.25) is 6.04 Å². The van der Waals surface area contributed by atoms with Crippen LogP contribution in [0.2, 0.25) is 0 Å². The van der Waals surface area contributed by atoms with Crippen LogP contribution in [-0.2, 0) is 23.8 Å². The Bertz CT molecular complexity index is 408. The third kappa shape index (κ3) is 4.87. The molecule has 0 bridgehead atoms. The summed E-state index contributed by atoms with van der Waals surface area (Å²) >= 11 is 0. The van der Waals surface area contributed by atoms with Crippen LogP contribution in [0.4, 0.5) is 4.79 Å². The lowest BCUT2D eigenvalue weighted by molar-refractivity contribution is -0.161. The molecule has 8 heteroatoms. The number of hydrogen-bond acceptors (Lipinski definition) is 7. The maximum Gasteiger partial charge on any atom is 0.410 e. The largest absolute Gasteiger partial charge is 0.467 e. The molecule has 0 aromatic heterocycles. The maximum atomic E-state index is 12.0. The van der Waals surface area contributed by atoms with Crippen molar-refractivity contribution in [3.63, 3.8) is 0 Å². The zero-order valence-corrected chi connectivity index (χ0v) is 13.7. The van der Waals surface area contributed by atoms with E-state index in [0.717, 1.165) is 0 Å². The summed E-state index contributed by atoms with van der Waals surface area (Å²) in [5, 5.41) is 0. The van der Waals surface area contributed by atoms with Crippen molar-refractivity contribution in [1.82, 2.24) is 9.80 Å². The quantitative estimate of drug-likeness (QED) is 0.419. The lowest BCUT2D eigenvalue weighted by atomic mass is 10.2. The second kappa shape index (κ2) is 7.44. The van der Waals surface area contributed by atoms with E-state index in [-0.39, 0.29) is 0 Å². The first kappa shape index (κ1) is 18.2. The van der Waals surface area contributed by atoms with Crippen molar-refractivity contribution in [2.75, 3.05) is 40.4 Å². The number of carbonyl (C=O) groups is 3. The van der Waals surface area contributed by atoms with Gasteiger partial charge < -0.3 is 19.1 Å². The Kier molecular flexibility index (Phi) is 6.16. The molecule has 0 aliphatic carbocycles. The fraction of sp³-hybridized carbons (Fsp3) is 0.786. The van der Waals surface area contributed by atoms with Crippen LogP contribution in [0.3, 0.4) is 0 Å². The fourth-order valence-corrected chi connectivity index (χ4v) is 2.11. The van der Waals surface area contributed by atoms with E-state index in [9.17, 15) is 14.4 Å². The number of methoxy groups -OCH3 is 2. The van der Waals surface area contributed by atoms with Gasteiger partial charge in [0.1, 0.15) is 5.60 Å². The first-order valence-electron chi connectivity index (χ1n) is 7.07. The summed E-state index contributed by atoms with van der Waals surface area (Å²) < 4.78 is 14.6. The number of hydrogen-bond donors (Lipinski definition) is 0. The molecular formula is C14H24N2O6. The maximum absolute atomic E-state index is 12.0. The van der Waals surface area contributed by atoms with Gasteiger partial charge in [-0.15, -0.1) is 0 Å². The molecule has 1 heterocycles. The van der Waals surface area contributed by atoms with Crippen molar-refractivity contribution in [2.45, 2.75) is 32.4 Å². The molecule has 1 fully saturated rings. The average molecular weight is 316 g/mol. The topological polar surface area (TPSA) is 85.4 Å². The Balaban J connectivity index is 2.64. The van der Waals surface area contributed by atoms with Crippen molar-refractivity contribution in [3.05, 3.63) is 0 Å². The molecule has 0 aromatic rings. The number of ether oxygens (including phenoxy) is 3. The van der Waals surface area contributed by atoms with E-state index in [2.05, 4.69) is 9.47 Å². The van der Waals surface area contributed by atoms with Crippen molar-refractivity contribution >= 4 is 18.0 Å². The van der Waals surface area contributed by atoms with E-state index >= 15 is 0 Å². The van der Waals surface area contributed by atoms with Crippen molar-refractivity contribution in [1.29, 1.82) is 0 Å². The highest BCUT2D eigenvalue weighted by atomic mass is 16.6. The smallest absolute Gasteiger partial charge is 0.410 e. The third-order valence-electron chi connectivity index (χ3n) is 3.18. The first-order chi connectivity index (χ1) is 10.2. The van der Waals surface area contributed by atoms with Crippen LogP contribution in [0, 0.1) is 0 Å². The van der Waals surface area contributed by atoms with Crippen LogP contribution >= 0.6 is 0 Å². The molecule has 126 valence electrons. The lowest BCUT2D eigenvalue weighted by Gasteiger charge is -2.37. The van der Waals surface area contributed by atoms with Gasteiger partial charge in [0.05, 0.1) is 14.2 Å². The van der Waals surface area contributed by atoms with Crippen LogP contribution < -0.4 is 0 Å². The van der Waals surface area contributed by atoms with E-state index in [1.54, 1.807) is 30.6 Å². The lowest BCUT2D eigenvalue weighted by Crippen LogP contribution is -2.57. The molecule has 0 aromatic carbocycles. The molecule has 0 unspecified atom stereocenters. The standard InChI is InChI=1S/C14H24N2O6/c1-14(2,3)22-13(19)16-8-6-15(7-9-16)10(11(17)20-4)12(18)21-5/h10H,6-9H2,1-5H3. The Labute approximate surface area is 130 Å². The summed E-state index contributed by atoms with van der Waals surface area (Å²) in [6, 6.07) is -1.10. The number of rotatable bonds is 3. The minimum Gasteiger partial charge on any atom is -0.467 e. The Morgan fingerprint density at radius 1 is 0.909 bits per heavy atom. The van der Waals surface area contributed by atoms with Gasteiger partial charge in [0, 0.05) is 26.2 Å². The molecule has 0 saturated carbocycles. The minimum absolute atomic E-state index is 0.355. The molecule has 0 N–H and O–H groups in total. The van der Waals surface area contributed by atoms with Gasteiger partial charge in [0.15, 0.2) is 0 Å². The first-order valence-corrected chi connectivity index (χ1v) is 7.07. The molecular weight excluding hydrogens is 292 g/mol. The molecule has 0 radical (unpaired) electrons. The highest BCUT2D eigenvalue weighted by molar-refractivity contribution is 5.99. The van der Waals surface area contributed by atoms with Gasteiger partial charge >= 0.3 is 18.0 Å². The van der Waals surface area contributed by atoms with E-state index < -0.39 is 29.7 Å². The zero-order chi connectivity index (χ0) is 16.9. The summed E-state index contributed by atoms with van der Waals surface area (Å²) in [4.78, 5) is 38.6. The van der Waals surface area contributed by atoms with Crippen LogP contribution in [0.25, 0.3) is 0 Å². The molecule has 0 spiro atoms. The summed E-state index contributed by atoms with van der Waals surface area (Å²) in [5.41, 5.74) is -0.561. The second-order valence-corrected chi connectivity index (χ2v) is 5.95. The number of nitrogens with zero attached hydrogens (tertiary/aromatic N) is 2. The van der Waals surface area contributed by atoms with Crippen molar-refractivity contribution in [3.8, 4) is 0 Å². The number of piperazine rings is 1. The number of amides is 1. The molecule has 1 amide bonds. The molecule has 1 aliphatic rings. The van der Waals surface area contributed by atoms with E-state index in [1.807, 2.05) is 0 Å². The molecule has 8 nitrogen and oxygen atoms in total. The monoisotopic (exact) mass is 316 g/mol. The molecule has 1 rings (SSSR count). The predicted molar refractivity (Wildman–Crippen MR) is 77.2 cm³/mol. The van der Waals surface area contributed by atoms with Crippen LogP contribution in [0.15, 0.2) is 0 Å². The summed E-state index contributed by atoms with van der Waals surface area (Å²) in [6.07, 6.45) is -0.403. The fourth-order valence-electron chi connectivity index (χ4n) is 2.11. The van der Waals surface area contributed by atoms with E-state index in [1.165, 1.54) is 14.2 Å². The number of esters is 2. The van der Waals surface area contributed by atoms with Crippen molar-refractivity contribution < 1.29 is 28.6 Å². The third-order valence-corrected chi connectivity index (χ3v) is 3.18. The van der Waals surface area contributed by atoms with Gasteiger partial charge in [-0.25, -0.2) is 14.4 Å². The normalized spacial score (nSPS) is 16.4. The summed E-state index contributed by atoms with van der Waals surface area (Å²) in [5.74, 6) is -1.34. The number of carbonyl (C=O) groups excluding carboxylic acids is 3. The van der Waals surface area contributed by atoms with E-state index in [4.69, 9.17) is 4.74 Å². The van der Waals surface area contributed by atoms with Crippen LogP contribution in [0.1, 0.15) is 20.8 Å². The van der Waals surface area contributed by atoms with Gasteiger partial charge in [-0.05, 0) is 20.8 Å². The average Bonchev–Trinajstić information content (AvgIpc) is 2.45.